The van der Waals surface area contributed by atoms with E-state index in [9.17, 15) is 9.59 Å². The molecule has 0 amide bonds. The number of fused-ring (bicyclic) bond motifs is 3. The van der Waals surface area contributed by atoms with Gasteiger partial charge in [-0.1, -0.05) is 23.7 Å². The molecule has 4 heterocycles. The number of hydrogen-bond donors (Lipinski definition) is 0. The minimum absolute atomic E-state index is 0.0865. The quantitative estimate of drug-likeness (QED) is 0.367. The number of hydrogen-bond acceptors (Lipinski definition) is 8. The first-order valence-corrected chi connectivity index (χ1v) is 11.2. The number of esters is 1. The predicted octanol–water partition coefficient (Wildman–Crippen LogP) is 4.09. The molecule has 156 valence electrons. The van der Waals surface area contributed by atoms with Gasteiger partial charge in [-0.3, -0.25) is 13.8 Å². The summed E-state index contributed by atoms with van der Waals surface area (Å²) in [6.07, 6.45) is 0. The number of benzene rings is 1. The first-order chi connectivity index (χ1) is 14.9. The van der Waals surface area contributed by atoms with Gasteiger partial charge in [-0.25, -0.2) is 9.78 Å². The Labute approximate surface area is 188 Å². The molecule has 4 aromatic heterocycles. The second kappa shape index (κ2) is 7.56. The molecule has 31 heavy (non-hydrogen) atoms. The van der Waals surface area contributed by atoms with Crippen LogP contribution in [0.5, 0.6) is 0 Å². The highest BCUT2D eigenvalue weighted by Gasteiger charge is 2.20. The summed E-state index contributed by atoms with van der Waals surface area (Å²) in [6, 6.07) is 9.10. The van der Waals surface area contributed by atoms with Crippen molar-refractivity contribution in [2.75, 3.05) is 0 Å². The number of carbonyl (C=O) groups is 1. The van der Waals surface area contributed by atoms with Gasteiger partial charge in [0.25, 0.3) is 5.56 Å². The largest absolute Gasteiger partial charge is 0.453 e. The third kappa shape index (κ3) is 3.32. The molecule has 0 unspecified atom stereocenters. The fraction of sp³-hybridized carbons (Fsp3) is 0.150. The van der Waals surface area contributed by atoms with Gasteiger partial charge in [-0.15, -0.1) is 32.9 Å². The number of carbonyl (C=O) groups excluding carboxylic acids is 1. The lowest BCUT2D eigenvalue weighted by molar-refractivity contribution is 0.0466. The van der Waals surface area contributed by atoms with Gasteiger partial charge in [0.15, 0.2) is 12.4 Å². The van der Waals surface area contributed by atoms with E-state index in [0.29, 0.717) is 42.4 Å². The molecule has 0 aliphatic carbocycles. The SMILES string of the molecule is Cc1nc(-c2ccc(Cl)cc2)sc1C(=O)OCc1nnc2n(C)c(=O)c3sccc3n12. The van der Waals surface area contributed by atoms with Crippen LogP contribution in [0, 0.1) is 6.92 Å². The topological polar surface area (TPSA) is 91.4 Å². The second-order valence-electron chi connectivity index (χ2n) is 6.77. The van der Waals surface area contributed by atoms with Crippen LogP contribution in [0.25, 0.3) is 26.6 Å². The molecule has 0 bridgehead atoms. The normalized spacial score (nSPS) is 11.5. The van der Waals surface area contributed by atoms with Crippen molar-refractivity contribution in [3.63, 3.8) is 0 Å². The Balaban J connectivity index is 1.43. The van der Waals surface area contributed by atoms with Crippen molar-refractivity contribution in [2.45, 2.75) is 13.5 Å². The Kier molecular flexibility index (Phi) is 4.84. The van der Waals surface area contributed by atoms with Crippen LogP contribution in [-0.2, 0) is 18.4 Å². The Morgan fingerprint density at radius 3 is 2.74 bits per heavy atom. The lowest BCUT2D eigenvalue weighted by atomic mass is 10.2. The van der Waals surface area contributed by atoms with Gasteiger partial charge in [-0.05, 0) is 30.5 Å². The van der Waals surface area contributed by atoms with E-state index >= 15 is 0 Å². The van der Waals surface area contributed by atoms with Gasteiger partial charge < -0.3 is 4.74 Å². The molecule has 5 rings (SSSR count). The van der Waals surface area contributed by atoms with Crippen molar-refractivity contribution in [2.24, 2.45) is 7.05 Å². The number of thiophene rings is 1. The average Bonchev–Trinajstić information content (AvgIpc) is 3.48. The Morgan fingerprint density at radius 2 is 1.97 bits per heavy atom. The smallest absolute Gasteiger partial charge is 0.350 e. The number of aromatic nitrogens is 5. The van der Waals surface area contributed by atoms with Crippen molar-refractivity contribution in [1.29, 1.82) is 0 Å². The molecule has 0 atom stereocenters. The monoisotopic (exact) mass is 471 g/mol. The number of nitrogens with zero attached hydrogens (tertiary/aromatic N) is 5. The van der Waals surface area contributed by atoms with Gasteiger partial charge in [0, 0.05) is 17.6 Å². The summed E-state index contributed by atoms with van der Waals surface area (Å²) in [5.41, 5.74) is 2.02. The summed E-state index contributed by atoms with van der Waals surface area (Å²) in [5, 5.41) is 11.4. The van der Waals surface area contributed by atoms with Crippen molar-refractivity contribution in [3.05, 3.63) is 67.5 Å². The van der Waals surface area contributed by atoms with Crippen LogP contribution in [0.2, 0.25) is 5.02 Å². The maximum atomic E-state index is 12.7. The maximum absolute atomic E-state index is 12.7. The molecule has 0 radical (unpaired) electrons. The lowest BCUT2D eigenvalue weighted by Crippen LogP contribution is -2.19. The standard InChI is InChI=1S/C20H14ClN5O3S2/c1-10-15(31-17(22-10)11-3-5-12(21)6-4-11)19(28)29-9-14-23-24-20-25(2)18(27)16-13(26(14)20)7-8-30-16/h3-8H,9H2,1-2H3. The second-order valence-corrected chi connectivity index (χ2v) is 9.12. The summed E-state index contributed by atoms with van der Waals surface area (Å²) in [5.74, 6) is 0.335. The van der Waals surface area contributed by atoms with Gasteiger partial charge >= 0.3 is 5.97 Å². The number of aryl methyl sites for hydroxylation is 2. The summed E-state index contributed by atoms with van der Waals surface area (Å²) in [4.78, 5) is 30.1. The molecule has 1 aromatic carbocycles. The summed E-state index contributed by atoms with van der Waals surface area (Å²) < 4.78 is 9.29. The molecule has 0 saturated heterocycles. The molecule has 8 nitrogen and oxygen atoms in total. The van der Waals surface area contributed by atoms with Crippen molar-refractivity contribution in [1.82, 2.24) is 24.1 Å². The van der Waals surface area contributed by atoms with Crippen molar-refractivity contribution >= 4 is 56.2 Å². The van der Waals surface area contributed by atoms with E-state index in [1.165, 1.54) is 27.2 Å². The van der Waals surface area contributed by atoms with Gasteiger partial charge in [0.2, 0.25) is 5.78 Å². The highest BCUT2D eigenvalue weighted by atomic mass is 35.5. The van der Waals surface area contributed by atoms with Gasteiger partial charge in [-0.2, -0.15) is 0 Å². The summed E-state index contributed by atoms with van der Waals surface area (Å²) >= 11 is 8.55. The van der Waals surface area contributed by atoms with E-state index in [2.05, 4.69) is 15.2 Å². The van der Waals surface area contributed by atoms with E-state index in [4.69, 9.17) is 16.3 Å². The van der Waals surface area contributed by atoms with Crippen LogP contribution in [0.1, 0.15) is 21.2 Å². The van der Waals surface area contributed by atoms with Crippen LogP contribution < -0.4 is 5.56 Å². The van der Waals surface area contributed by atoms with Crippen molar-refractivity contribution < 1.29 is 9.53 Å². The van der Waals surface area contributed by atoms with E-state index in [1.54, 1.807) is 30.5 Å². The molecule has 0 saturated carbocycles. The molecular weight excluding hydrogens is 458 g/mol. The average molecular weight is 472 g/mol. The molecule has 0 aliphatic heterocycles. The van der Waals surface area contributed by atoms with Gasteiger partial charge in [0.1, 0.15) is 14.6 Å². The first kappa shape index (κ1) is 19.9. The van der Waals surface area contributed by atoms with Crippen molar-refractivity contribution in [3.8, 4) is 10.6 Å². The third-order valence-electron chi connectivity index (χ3n) is 4.80. The van der Waals surface area contributed by atoms with E-state index in [1.807, 2.05) is 23.6 Å². The molecular formula is C20H14ClN5O3S2. The number of halogens is 1. The molecule has 0 N–H and O–H groups in total. The molecule has 0 aliphatic rings. The van der Waals surface area contributed by atoms with Crippen LogP contribution in [-0.4, -0.2) is 30.1 Å². The summed E-state index contributed by atoms with van der Waals surface area (Å²) in [6.45, 7) is 1.68. The highest BCUT2D eigenvalue weighted by molar-refractivity contribution is 7.17. The minimum Gasteiger partial charge on any atom is -0.453 e. The fourth-order valence-electron chi connectivity index (χ4n) is 3.24. The van der Waals surface area contributed by atoms with E-state index in [0.717, 1.165) is 5.56 Å². The Morgan fingerprint density at radius 1 is 1.19 bits per heavy atom. The lowest BCUT2D eigenvalue weighted by Gasteiger charge is -2.05. The molecule has 5 aromatic rings. The van der Waals surface area contributed by atoms with Gasteiger partial charge in [0.05, 0.1) is 11.2 Å². The number of ether oxygens (including phenoxy) is 1. The summed E-state index contributed by atoms with van der Waals surface area (Å²) in [7, 11) is 1.64. The maximum Gasteiger partial charge on any atom is 0.350 e. The molecule has 11 heteroatoms. The zero-order valence-corrected chi connectivity index (χ0v) is 18.7. The number of rotatable bonds is 4. The van der Waals surface area contributed by atoms with Crippen LogP contribution in [0.4, 0.5) is 0 Å². The zero-order valence-electron chi connectivity index (χ0n) is 16.3. The van der Waals surface area contributed by atoms with Crippen LogP contribution in [0.3, 0.4) is 0 Å². The Bertz CT molecular complexity index is 1510. The third-order valence-corrected chi connectivity index (χ3v) is 7.13. The first-order valence-electron chi connectivity index (χ1n) is 9.14. The highest BCUT2D eigenvalue weighted by Crippen LogP contribution is 2.29. The predicted molar refractivity (Wildman–Crippen MR) is 120 cm³/mol. The van der Waals surface area contributed by atoms with E-state index < -0.39 is 5.97 Å². The molecule has 0 spiro atoms. The van der Waals surface area contributed by atoms with Crippen LogP contribution >= 0.6 is 34.3 Å². The molecule has 0 fully saturated rings. The fourth-order valence-corrected chi connectivity index (χ4v) is 5.19. The zero-order chi connectivity index (χ0) is 21.7. The minimum atomic E-state index is -0.488. The van der Waals surface area contributed by atoms with E-state index in [-0.39, 0.29) is 12.2 Å². The Hall–Kier alpha value is -3.08. The van der Waals surface area contributed by atoms with Crippen LogP contribution in [0.15, 0.2) is 40.5 Å². The number of thiazole rings is 1.